The number of nitrogens with zero attached hydrogens (tertiary/aromatic N) is 1. The zero-order chi connectivity index (χ0) is 92.8. The van der Waals surface area contributed by atoms with Gasteiger partial charge in [-0.25, -0.2) is 0 Å². The van der Waals surface area contributed by atoms with Gasteiger partial charge in [-0.15, -0.1) is 11.8 Å². The average molecular weight is 1830 g/mol. The number of fused-ring (bicyclic) bond motifs is 10. The van der Waals surface area contributed by atoms with Crippen molar-refractivity contribution in [3.63, 3.8) is 0 Å². The van der Waals surface area contributed by atoms with Crippen LogP contribution in [0, 0.1) is 23.7 Å². The van der Waals surface area contributed by atoms with Crippen LogP contribution >= 0.6 is 47.0 Å². The summed E-state index contributed by atoms with van der Waals surface area (Å²) in [6.07, 6.45) is 0.0583. The Morgan fingerprint density at radius 3 is 1.74 bits per heavy atom. The topological polar surface area (TPSA) is 607 Å². The van der Waals surface area contributed by atoms with Crippen LogP contribution in [-0.4, -0.2) is 284 Å². The molecule has 6 rings (SSSR count). The molecule has 41 nitrogen and oxygen atoms in total. The summed E-state index contributed by atoms with van der Waals surface area (Å²) in [6, 6.07) is -13.5. The Labute approximate surface area is 742 Å². The van der Waals surface area contributed by atoms with E-state index in [-0.39, 0.29) is 50.3 Å². The fourth-order valence-electron chi connectivity index (χ4n) is 13.6. The third-order valence-electron chi connectivity index (χ3n) is 21.0. The Kier molecular flexibility index (Phi) is 41.3. The lowest BCUT2D eigenvalue weighted by Gasteiger charge is -2.33. The molecule has 690 valence electrons. The summed E-state index contributed by atoms with van der Waals surface area (Å²) in [6.45, 7) is 20.1. The molecule has 19 atom stereocenters. The lowest BCUT2D eigenvalue weighted by Crippen LogP contribution is -2.63. The van der Waals surface area contributed by atoms with E-state index in [0.29, 0.717) is 12.0 Å². The molecule has 19 amide bonds. The van der Waals surface area contributed by atoms with Crippen LogP contribution in [0.3, 0.4) is 0 Å². The van der Waals surface area contributed by atoms with Crippen LogP contribution in [0.25, 0.3) is 0 Å². The molecule has 0 saturated carbocycles. The molecule has 5 heterocycles. The van der Waals surface area contributed by atoms with Crippen molar-refractivity contribution in [1.82, 2.24) is 101 Å². The molecule has 4 saturated heterocycles. The SMILES string of the molecule is C=C1NC(=O)[C@@H]2NC(=O)[C@@H](CC(C)C)NC(=O)[C@@H](NC(=O)[C@H]3CS[C@H](C)[C@H](NC(=O)[C@H](Cc4ccccc4)NC(=O)[C@@H]4NC(=O)[C@H](N)CS[C@H]4C)C(=O)N[C@@H](CC(C)C)C(=O)N4CCC[C@@H]4C(=O)NCC(=O)NCC(=O)NCC(=O)NCC(=O)N[C@@H](C(C)C)C(=O)N3)[C@@H](C)SC[C@@H](NC(=O)[C@@H](CCC(=O)O)NC1=O)C(=O)N[C@H]([C@@H](C)CC)C(=O)N/C=C\S[C@H]2C. The highest BCUT2D eigenvalue weighted by Gasteiger charge is 2.45. The van der Waals surface area contributed by atoms with Crippen molar-refractivity contribution in [2.45, 2.75) is 240 Å². The van der Waals surface area contributed by atoms with Gasteiger partial charge in [-0.05, 0) is 66.7 Å². The lowest BCUT2D eigenvalue weighted by atomic mass is 9.98. The Morgan fingerprint density at radius 2 is 1.14 bits per heavy atom. The fraction of sp³-hybridized carbons (Fsp3) is 0.625. The number of hydrogen-bond donors (Lipinski definition) is 20. The molecule has 4 fully saturated rings. The minimum absolute atomic E-state index is 0.00610. The van der Waals surface area contributed by atoms with E-state index in [1.54, 1.807) is 78.8 Å². The van der Waals surface area contributed by atoms with Crippen LogP contribution in [0.2, 0.25) is 0 Å². The molecule has 1 aromatic carbocycles. The first kappa shape index (κ1) is 103. The van der Waals surface area contributed by atoms with E-state index >= 15 is 38.4 Å². The van der Waals surface area contributed by atoms with Gasteiger partial charge in [-0.3, -0.25) is 95.9 Å². The third kappa shape index (κ3) is 32.4. The van der Waals surface area contributed by atoms with Crippen LogP contribution in [0.15, 0.2) is 54.2 Å². The summed E-state index contributed by atoms with van der Waals surface area (Å²) in [5.74, 6) is -23.0. The van der Waals surface area contributed by atoms with Gasteiger partial charge in [-0.2, -0.15) is 35.3 Å². The fourth-order valence-corrected chi connectivity index (χ4v) is 17.6. The first-order chi connectivity index (χ1) is 59.0. The van der Waals surface area contributed by atoms with Gasteiger partial charge < -0.3 is 111 Å². The average Bonchev–Trinajstić information content (AvgIpc) is 1.75. The van der Waals surface area contributed by atoms with E-state index < -0.39 is 298 Å². The molecular weight excluding hydrogens is 1710 g/mol. The molecule has 45 heteroatoms. The second-order valence-electron chi connectivity index (χ2n) is 32.4. The normalized spacial score (nSPS) is 29.0. The van der Waals surface area contributed by atoms with E-state index in [1.165, 1.54) is 62.9 Å². The number of rotatable bonds is 18. The van der Waals surface area contributed by atoms with Crippen LogP contribution in [0.4, 0.5) is 0 Å². The number of carbonyl (C=O) groups excluding carboxylic acids is 19. The summed E-state index contributed by atoms with van der Waals surface area (Å²) in [5.41, 5.74) is 5.93. The highest BCUT2D eigenvalue weighted by Crippen LogP contribution is 2.27. The van der Waals surface area contributed by atoms with Gasteiger partial charge >= 0.3 is 5.97 Å². The van der Waals surface area contributed by atoms with E-state index in [0.717, 1.165) is 35.3 Å². The number of carboxylic acids is 1. The maximum absolute atomic E-state index is 16.0. The molecule has 0 unspecified atom stereocenters. The van der Waals surface area contributed by atoms with Crippen LogP contribution in [0.5, 0.6) is 0 Å². The van der Waals surface area contributed by atoms with Gasteiger partial charge in [-0.1, -0.05) is 126 Å². The maximum Gasteiger partial charge on any atom is 0.303 e. The second-order valence-corrected chi connectivity index (χ2v) is 37.9. The number of nitrogens with two attached hydrogens (primary N) is 1. The van der Waals surface area contributed by atoms with Gasteiger partial charge in [0.15, 0.2) is 0 Å². The summed E-state index contributed by atoms with van der Waals surface area (Å²) in [4.78, 5) is 289. The third-order valence-corrected chi connectivity index (χ3v) is 26.0. The number of hydrogen-bond acceptors (Lipinski definition) is 25. The van der Waals surface area contributed by atoms with Crippen molar-refractivity contribution in [3.05, 3.63) is 59.8 Å². The van der Waals surface area contributed by atoms with Crippen molar-refractivity contribution in [3.8, 4) is 0 Å². The van der Waals surface area contributed by atoms with Gasteiger partial charge in [0.05, 0.1) is 37.9 Å². The summed E-state index contributed by atoms with van der Waals surface area (Å²) >= 11 is 3.62. The molecule has 5 aliphatic heterocycles. The van der Waals surface area contributed by atoms with E-state index in [4.69, 9.17) is 5.73 Å². The van der Waals surface area contributed by atoms with Crippen LogP contribution in [0.1, 0.15) is 134 Å². The highest BCUT2D eigenvalue weighted by molar-refractivity contribution is 8.02. The van der Waals surface area contributed by atoms with Crippen molar-refractivity contribution >= 4 is 165 Å². The molecule has 0 aromatic heterocycles. The number of carbonyl (C=O) groups is 20. The van der Waals surface area contributed by atoms with E-state index in [9.17, 15) is 62.6 Å². The van der Waals surface area contributed by atoms with Crippen LogP contribution < -0.4 is 101 Å². The number of benzene rings is 1. The first-order valence-corrected chi connectivity index (χ1v) is 45.5. The predicted molar refractivity (Wildman–Crippen MR) is 466 cm³/mol. The first-order valence-electron chi connectivity index (χ1n) is 41.5. The Balaban J connectivity index is 1.56. The molecule has 125 heavy (non-hydrogen) atoms. The quantitative estimate of drug-likeness (QED) is 0.0485. The minimum Gasteiger partial charge on any atom is -0.481 e. The molecule has 5 aliphatic rings. The second kappa shape index (κ2) is 50.0. The lowest BCUT2D eigenvalue weighted by molar-refractivity contribution is -0.142. The van der Waals surface area contributed by atoms with Gasteiger partial charge in [0, 0.05) is 63.8 Å². The van der Waals surface area contributed by atoms with Gasteiger partial charge in [0.1, 0.15) is 78.5 Å². The Bertz CT molecular complexity index is 4170. The molecule has 1 aromatic rings. The Hall–Kier alpha value is -10.5. The maximum atomic E-state index is 16.0. The number of nitrogens with one attached hydrogen (secondary N) is 18. The zero-order valence-corrected chi connectivity index (χ0v) is 75.3. The molecule has 0 spiro atoms. The summed E-state index contributed by atoms with van der Waals surface area (Å²) in [7, 11) is 0. The van der Waals surface area contributed by atoms with Crippen molar-refractivity contribution in [1.29, 1.82) is 0 Å². The number of amides is 19. The molecule has 2 bridgehead atoms. The largest absolute Gasteiger partial charge is 0.481 e. The monoisotopic (exact) mass is 1820 g/mol. The highest BCUT2D eigenvalue weighted by atomic mass is 32.2. The number of carboxylic acid groups (broad SMARTS) is 1. The van der Waals surface area contributed by atoms with E-state index in [1.807, 2.05) is 0 Å². The van der Waals surface area contributed by atoms with Crippen molar-refractivity contribution < 1.29 is 101 Å². The Morgan fingerprint density at radius 1 is 0.560 bits per heavy atom. The number of aliphatic carboxylic acids is 1. The van der Waals surface area contributed by atoms with E-state index in [2.05, 4.69) is 102 Å². The summed E-state index contributed by atoms with van der Waals surface area (Å²) < 4.78 is 0. The van der Waals surface area contributed by atoms with Crippen molar-refractivity contribution in [2.24, 2.45) is 29.4 Å². The molecule has 21 N–H and O–H groups in total. The van der Waals surface area contributed by atoms with Crippen LogP contribution in [-0.2, 0) is 102 Å². The molecular formula is C80H120N20O21S4. The van der Waals surface area contributed by atoms with Gasteiger partial charge in [0.2, 0.25) is 106 Å². The predicted octanol–water partition coefficient (Wildman–Crippen LogP) is -4.75. The standard InChI is InChI=1S/C80H120N20O21S4/c1-14-40(8)61-74(115)82-24-26-122-42(10)62-76(117)87-41(9)66(107)88-48(22-23-59(105)106)68(109)92-52(71(112)95-61)35-124-44(12)64(78(119)89-49(27-37(2)3)69(110)97-62)99-72(113)53-36-125-45(13)65(98-70(111)50(29-46-19-16-15-17-20-46)90-77(118)63-43(11)123-34-47(81)67(108)96-63)79(120)91-51(28-38(4)5)80(121)100-25-18-21-54(100)73(114)86-32-57(103)84-30-55(101)83-31-56(102)85-33-58(104)94-60(39(6)7)75(116)93-53/h15-17,19-20,24,26,37-40,42-45,47-54,60-65H,9,14,18,21-23,25,27-36,81H2,1-8,10-13H3,(H,82,115)(H,83,101)(H,84,103)(H,85,102)(H,86,114)(H,87,117)(H,88,107)(H,89,119)(H,90,118)(H,91,120)(H,92,109)(H,93,116)(H,94,104)(H,95,112)(H,96,108)(H,97,110)(H,98,111)(H,99,113)(H,105,106)/b26-24-/t40-,42-,43-,44+,45+,47+,48+,49+,50-,51-,52+,53+,54+,60-,61+,62+,63+,64-,65-/m0/s1. The molecule has 0 aliphatic carbocycles. The number of thioether (sulfide) groups is 4. The smallest absolute Gasteiger partial charge is 0.303 e. The minimum atomic E-state index is -1.94. The summed E-state index contributed by atoms with van der Waals surface area (Å²) in [5, 5.41) is 53.2. The molecule has 0 radical (unpaired) electrons. The zero-order valence-electron chi connectivity index (χ0n) is 72.0. The van der Waals surface area contributed by atoms with Crippen molar-refractivity contribution in [2.75, 3.05) is 50.0 Å². The van der Waals surface area contributed by atoms with Gasteiger partial charge in [0.25, 0.3) is 5.91 Å².